The lowest BCUT2D eigenvalue weighted by Gasteiger charge is -2.18. The molecule has 57 heavy (non-hydrogen) atoms. The second kappa shape index (κ2) is 45.5. The monoisotopic (exact) mass is 807 g/mol. The Balaban J connectivity index is 4.31. The first-order chi connectivity index (χ1) is 27.9. The molecule has 0 aliphatic rings. The fourth-order valence-electron chi connectivity index (χ4n) is 7.69. The van der Waals surface area contributed by atoms with Crippen LogP contribution in [0.15, 0.2) is 0 Å². The van der Waals surface area contributed by atoms with E-state index in [9.17, 15) is 14.4 Å². The molecule has 0 aromatic rings. The van der Waals surface area contributed by atoms with Crippen molar-refractivity contribution in [1.29, 1.82) is 0 Å². The zero-order chi connectivity index (χ0) is 41.7. The van der Waals surface area contributed by atoms with E-state index in [1.54, 1.807) is 0 Å². The summed E-state index contributed by atoms with van der Waals surface area (Å²) < 4.78 is 16.8. The van der Waals surface area contributed by atoms with Gasteiger partial charge in [-0.2, -0.15) is 0 Å². The molecule has 0 aliphatic heterocycles. The van der Waals surface area contributed by atoms with Crippen LogP contribution in [0, 0.1) is 5.92 Å². The minimum Gasteiger partial charge on any atom is -0.462 e. The van der Waals surface area contributed by atoms with Crippen molar-refractivity contribution in [2.75, 3.05) is 13.2 Å². The maximum Gasteiger partial charge on any atom is 0.306 e. The molecular weight excluding hydrogens is 709 g/mol. The van der Waals surface area contributed by atoms with Crippen LogP contribution in [0.1, 0.15) is 285 Å². The molecule has 0 aromatic heterocycles. The van der Waals surface area contributed by atoms with Gasteiger partial charge >= 0.3 is 17.9 Å². The highest BCUT2D eigenvalue weighted by molar-refractivity contribution is 5.71. The average molecular weight is 807 g/mol. The summed E-state index contributed by atoms with van der Waals surface area (Å²) in [6.45, 7) is 8.99. The summed E-state index contributed by atoms with van der Waals surface area (Å²) in [5.74, 6) is -0.0505. The Morgan fingerprint density at radius 3 is 0.860 bits per heavy atom. The Kier molecular flexibility index (Phi) is 44.2. The highest BCUT2D eigenvalue weighted by atomic mass is 16.6. The zero-order valence-corrected chi connectivity index (χ0v) is 38.8. The molecule has 0 unspecified atom stereocenters. The van der Waals surface area contributed by atoms with E-state index in [4.69, 9.17) is 14.2 Å². The first-order valence-corrected chi connectivity index (χ1v) is 25.4. The van der Waals surface area contributed by atoms with Gasteiger partial charge in [0.25, 0.3) is 0 Å². The molecule has 0 amide bonds. The molecule has 0 bridgehead atoms. The van der Waals surface area contributed by atoms with Crippen molar-refractivity contribution in [2.24, 2.45) is 5.92 Å². The summed E-state index contributed by atoms with van der Waals surface area (Å²) in [7, 11) is 0. The van der Waals surface area contributed by atoms with E-state index in [0.29, 0.717) is 19.3 Å². The van der Waals surface area contributed by atoms with Crippen LogP contribution in [-0.2, 0) is 28.6 Å². The van der Waals surface area contributed by atoms with Crippen molar-refractivity contribution >= 4 is 17.9 Å². The molecule has 338 valence electrons. The Morgan fingerprint density at radius 2 is 0.579 bits per heavy atom. The predicted octanol–water partition coefficient (Wildman–Crippen LogP) is 16.3. The molecule has 0 aromatic carbocycles. The van der Waals surface area contributed by atoms with Gasteiger partial charge < -0.3 is 14.2 Å². The van der Waals surface area contributed by atoms with Gasteiger partial charge in [0.15, 0.2) is 6.10 Å². The molecule has 0 saturated heterocycles. The van der Waals surface area contributed by atoms with Crippen LogP contribution in [-0.4, -0.2) is 37.2 Å². The van der Waals surface area contributed by atoms with Gasteiger partial charge in [0.05, 0.1) is 0 Å². The van der Waals surface area contributed by atoms with E-state index < -0.39 is 6.10 Å². The third-order valence-corrected chi connectivity index (χ3v) is 11.5. The number of carbonyl (C=O) groups is 3. The number of carbonyl (C=O) groups excluding carboxylic acids is 3. The highest BCUT2D eigenvalue weighted by Gasteiger charge is 2.19. The van der Waals surface area contributed by atoms with E-state index in [0.717, 1.165) is 63.7 Å². The van der Waals surface area contributed by atoms with Crippen molar-refractivity contribution in [3.8, 4) is 0 Å². The number of ether oxygens (including phenoxy) is 3. The van der Waals surface area contributed by atoms with Crippen LogP contribution in [0.4, 0.5) is 0 Å². The normalized spacial score (nSPS) is 11.9. The molecule has 0 aliphatic carbocycles. The van der Waals surface area contributed by atoms with E-state index in [2.05, 4.69) is 27.7 Å². The molecule has 0 saturated carbocycles. The first-order valence-electron chi connectivity index (χ1n) is 25.4. The molecule has 0 fully saturated rings. The first kappa shape index (κ1) is 55.4. The van der Waals surface area contributed by atoms with Gasteiger partial charge in [-0.3, -0.25) is 14.4 Å². The van der Waals surface area contributed by atoms with E-state index >= 15 is 0 Å². The van der Waals surface area contributed by atoms with Crippen LogP contribution in [0.25, 0.3) is 0 Å². The number of rotatable bonds is 46. The summed E-state index contributed by atoms with van der Waals surface area (Å²) in [4.78, 5) is 37.9. The number of hydrogen-bond acceptors (Lipinski definition) is 6. The van der Waals surface area contributed by atoms with Gasteiger partial charge in [-0.15, -0.1) is 0 Å². The Hall–Kier alpha value is -1.59. The van der Waals surface area contributed by atoms with Gasteiger partial charge in [-0.1, -0.05) is 246 Å². The number of hydrogen-bond donors (Lipinski definition) is 0. The molecule has 0 rings (SSSR count). The topological polar surface area (TPSA) is 78.9 Å². The fourth-order valence-corrected chi connectivity index (χ4v) is 7.69. The lowest BCUT2D eigenvalue weighted by atomic mass is 10.0. The van der Waals surface area contributed by atoms with Crippen molar-refractivity contribution in [3.63, 3.8) is 0 Å². The SMILES string of the molecule is CCCCCCCCCCCCCCCCC(=O)OC[C@H](COC(=O)CCCCCCCCCCC(C)C)OC(=O)CCCCCCCCCCCCCCCC. The summed E-state index contributed by atoms with van der Waals surface area (Å²) in [6, 6.07) is 0. The van der Waals surface area contributed by atoms with E-state index in [1.165, 1.54) is 180 Å². The van der Waals surface area contributed by atoms with Gasteiger partial charge in [0.2, 0.25) is 0 Å². The minimum atomic E-state index is -0.760. The molecule has 0 N–H and O–H groups in total. The molecule has 6 nitrogen and oxygen atoms in total. The van der Waals surface area contributed by atoms with Crippen molar-refractivity contribution in [1.82, 2.24) is 0 Å². The standard InChI is InChI=1S/C51H98O6/c1-5-7-9-11-13-15-17-19-21-23-25-30-34-38-42-49(52)55-45-48(46-56-50(53)43-39-35-31-28-27-29-33-37-41-47(3)4)57-51(54)44-40-36-32-26-24-22-20-18-16-14-12-10-8-6-2/h47-48H,5-46H2,1-4H3/t48-/m1/s1. The van der Waals surface area contributed by atoms with E-state index in [-0.39, 0.29) is 31.1 Å². The van der Waals surface area contributed by atoms with Crippen LogP contribution in [0.2, 0.25) is 0 Å². The maximum absolute atomic E-state index is 12.8. The molecular formula is C51H98O6. The average Bonchev–Trinajstić information content (AvgIpc) is 3.19. The second-order valence-corrected chi connectivity index (χ2v) is 17.9. The molecule has 0 radical (unpaired) electrons. The van der Waals surface area contributed by atoms with Gasteiger partial charge in [0, 0.05) is 19.3 Å². The van der Waals surface area contributed by atoms with Crippen LogP contribution >= 0.6 is 0 Å². The quantitative estimate of drug-likeness (QED) is 0.0346. The van der Waals surface area contributed by atoms with Crippen molar-refractivity contribution in [3.05, 3.63) is 0 Å². The van der Waals surface area contributed by atoms with Crippen molar-refractivity contribution in [2.45, 2.75) is 291 Å². The minimum absolute atomic E-state index is 0.0631. The van der Waals surface area contributed by atoms with Crippen molar-refractivity contribution < 1.29 is 28.6 Å². The molecule has 0 heterocycles. The maximum atomic E-state index is 12.8. The lowest BCUT2D eigenvalue weighted by Crippen LogP contribution is -2.30. The summed E-state index contributed by atoms with van der Waals surface area (Å²) in [5.41, 5.74) is 0. The number of esters is 3. The van der Waals surface area contributed by atoms with Crippen LogP contribution < -0.4 is 0 Å². The van der Waals surface area contributed by atoms with Crippen LogP contribution in [0.5, 0.6) is 0 Å². The highest BCUT2D eigenvalue weighted by Crippen LogP contribution is 2.17. The molecule has 1 atom stereocenters. The predicted molar refractivity (Wildman–Crippen MR) is 243 cm³/mol. The van der Waals surface area contributed by atoms with Crippen LogP contribution in [0.3, 0.4) is 0 Å². The van der Waals surface area contributed by atoms with Gasteiger partial charge in [0.1, 0.15) is 13.2 Å². The summed E-state index contributed by atoms with van der Waals surface area (Å²) in [5, 5.41) is 0. The third-order valence-electron chi connectivity index (χ3n) is 11.5. The molecule has 6 heteroatoms. The zero-order valence-electron chi connectivity index (χ0n) is 38.8. The summed E-state index contributed by atoms with van der Waals surface area (Å²) in [6.07, 6.45) is 46.6. The smallest absolute Gasteiger partial charge is 0.306 e. The van der Waals surface area contributed by atoms with Gasteiger partial charge in [-0.25, -0.2) is 0 Å². The van der Waals surface area contributed by atoms with E-state index in [1.807, 2.05) is 0 Å². The third kappa shape index (κ3) is 45.3. The molecule has 0 spiro atoms. The Labute approximate surface area is 355 Å². The fraction of sp³-hybridized carbons (Fsp3) is 0.941. The van der Waals surface area contributed by atoms with Gasteiger partial charge in [-0.05, 0) is 25.2 Å². The Bertz CT molecular complexity index is 857. The summed E-state index contributed by atoms with van der Waals surface area (Å²) >= 11 is 0. The second-order valence-electron chi connectivity index (χ2n) is 17.9. The Morgan fingerprint density at radius 1 is 0.333 bits per heavy atom. The largest absolute Gasteiger partial charge is 0.462 e. The number of unbranched alkanes of at least 4 members (excludes halogenated alkanes) is 33. The lowest BCUT2D eigenvalue weighted by molar-refractivity contribution is -0.167.